The average Bonchev–Trinajstić information content (AvgIpc) is 2.52. The summed E-state index contributed by atoms with van der Waals surface area (Å²) in [6, 6.07) is 0.581. The number of ether oxygens (including phenoxy) is 2. The smallest absolute Gasteiger partial charge is 0.163 e. The maximum absolute atomic E-state index is 5.72. The first-order valence-corrected chi connectivity index (χ1v) is 6.08. The van der Waals surface area contributed by atoms with Crippen LogP contribution < -0.4 is 5.32 Å². The molecule has 0 aromatic carbocycles. The number of rotatable bonds is 6. The third kappa shape index (κ3) is 4.96. The van der Waals surface area contributed by atoms with Crippen LogP contribution >= 0.6 is 0 Å². The lowest BCUT2D eigenvalue weighted by atomic mass is 10.1. The minimum atomic E-state index is -0.390. The molecule has 0 saturated carbocycles. The lowest BCUT2D eigenvalue weighted by Crippen LogP contribution is -2.35. The van der Waals surface area contributed by atoms with E-state index in [-0.39, 0.29) is 11.9 Å². The van der Waals surface area contributed by atoms with E-state index < -0.39 is 0 Å². The Morgan fingerprint density at radius 3 is 2.73 bits per heavy atom. The summed E-state index contributed by atoms with van der Waals surface area (Å²) in [4.78, 5) is 0. The normalized spacial score (nSPS) is 26.8. The van der Waals surface area contributed by atoms with E-state index in [2.05, 4.69) is 19.2 Å². The second-order valence-electron chi connectivity index (χ2n) is 4.90. The van der Waals surface area contributed by atoms with E-state index >= 15 is 0 Å². The van der Waals surface area contributed by atoms with Crippen LogP contribution in [0.5, 0.6) is 0 Å². The first-order chi connectivity index (χ1) is 7.03. The molecule has 1 aliphatic rings. The highest BCUT2D eigenvalue weighted by Crippen LogP contribution is 2.21. The highest BCUT2D eigenvalue weighted by molar-refractivity contribution is 4.74. The number of hydrogen-bond donors (Lipinski definition) is 1. The van der Waals surface area contributed by atoms with Gasteiger partial charge in [-0.2, -0.15) is 0 Å². The third-order valence-electron chi connectivity index (χ3n) is 2.75. The standard InChI is InChI=1S/C12H25NO2/c1-5-6-7-10(2)13-8-11-9-14-12(3,4)15-11/h10-11,13H,5-9H2,1-4H3. The summed E-state index contributed by atoms with van der Waals surface area (Å²) in [5.74, 6) is -0.390. The molecule has 1 heterocycles. The molecule has 0 spiro atoms. The molecule has 1 rings (SSSR count). The third-order valence-corrected chi connectivity index (χ3v) is 2.75. The molecular weight excluding hydrogens is 190 g/mol. The lowest BCUT2D eigenvalue weighted by molar-refractivity contribution is -0.137. The van der Waals surface area contributed by atoms with E-state index in [0.717, 1.165) is 6.54 Å². The molecule has 0 aromatic rings. The lowest BCUT2D eigenvalue weighted by Gasteiger charge is -2.19. The van der Waals surface area contributed by atoms with Crippen molar-refractivity contribution >= 4 is 0 Å². The highest BCUT2D eigenvalue weighted by atomic mass is 16.7. The van der Waals surface area contributed by atoms with Gasteiger partial charge < -0.3 is 14.8 Å². The van der Waals surface area contributed by atoms with Crippen LogP contribution in [-0.4, -0.2) is 31.1 Å². The van der Waals surface area contributed by atoms with Crippen molar-refractivity contribution in [1.29, 1.82) is 0 Å². The molecule has 1 saturated heterocycles. The van der Waals surface area contributed by atoms with Gasteiger partial charge in [0.15, 0.2) is 5.79 Å². The predicted molar refractivity (Wildman–Crippen MR) is 61.9 cm³/mol. The van der Waals surface area contributed by atoms with E-state index in [0.29, 0.717) is 12.6 Å². The zero-order valence-electron chi connectivity index (χ0n) is 10.5. The molecule has 1 aliphatic heterocycles. The molecular formula is C12H25NO2. The van der Waals surface area contributed by atoms with Gasteiger partial charge in [0.05, 0.1) is 12.7 Å². The molecule has 0 aromatic heterocycles. The zero-order chi connectivity index (χ0) is 11.3. The van der Waals surface area contributed by atoms with Crippen molar-refractivity contribution in [3.8, 4) is 0 Å². The van der Waals surface area contributed by atoms with Crippen LogP contribution in [0, 0.1) is 0 Å². The summed E-state index contributed by atoms with van der Waals surface area (Å²) >= 11 is 0. The summed E-state index contributed by atoms with van der Waals surface area (Å²) in [6.45, 7) is 10.00. The molecule has 3 heteroatoms. The minimum absolute atomic E-state index is 0.212. The van der Waals surface area contributed by atoms with E-state index in [1.54, 1.807) is 0 Å². The van der Waals surface area contributed by atoms with Crippen LogP contribution in [-0.2, 0) is 9.47 Å². The topological polar surface area (TPSA) is 30.5 Å². The first-order valence-electron chi connectivity index (χ1n) is 6.08. The van der Waals surface area contributed by atoms with Crippen LogP contribution in [0.2, 0.25) is 0 Å². The molecule has 0 radical (unpaired) electrons. The summed E-state index contributed by atoms with van der Waals surface area (Å²) in [6.07, 6.45) is 4.01. The quantitative estimate of drug-likeness (QED) is 0.737. The Balaban J connectivity index is 2.10. The zero-order valence-corrected chi connectivity index (χ0v) is 10.5. The molecule has 1 N–H and O–H groups in total. The van der Waals surface area contributed by atoms with E-state index in [1.807, 2.05) is 13.8 Å². The van der Waals surface area contributed by atoms with Crippen molar-refractivity contribution in [1.82, 2.24) is 5.32 Å². The van der Waals surface area contributed by atoms with Gasteiger partial charge in [-0.15, -0.1) is 0 Å². The van der Waals surface area contributed by atoms with Gasteiger partial charge in [-0.1, -0.05) is 19.8 Å². The van der Waals surface area contributed by atoms with Crippen molar-refractivity contribution < 1.29 is 9.47 Å². The van der Waals surface area contributed by atoms with Gasteiger partial charge in [-0.05, 0) is 27.2 Å². The summed E-state index contributed by atoms with van der Waals surface area (Å²) in [5.41, 5.74) is 0. The Hall–Kier alpha value is -0.120. The molecule has 0 aliphatic carbocycles. The number of unbranched alkanes of at least 4 members (excludes halogenated alkanes) is 1. The molecule has 15 heavy (non-hydrogen) atoms. The molecule has 1 fully saturated rings. The van der Waals surface area contributed by atoms with Crippen LogP contribution in [0.3, 0.4) is 0 Å². The highest BCUT2D eigenvalue weighted by Gasteiger charge is 2.32. The van der Waals surface area contributed by atoms with Gasteiger partial charge in [-0.25, -0.2) is 0 Å². The Labute approximate surface area is 93.5 Å². The second kappa shape index (κ2) is 5.83. The van der Waals surface area contributed by atoms with Crippen LogP contribution in [0.4, 0.5) is 0 Å². The van der Waals surface area contributed by atoms with E-state index in [9.17, 15) is 0 Å². The van der Waals surface area contributed by atoms with Crippen molar-refractivity contribution in [3.05, 3.63) is 0 Å². The van der Waals surface area contributed by atoms with E-state index in [1.165, 1.54) is 19.3 Å². The minimum Gasteiger partial charge on any atom is -0.348 e. The number of hydrogen-bond acceptors (Lipinski definition) is 3. The Bertz CT molecular complexity index is 182. The molecule has 0 bridgehead atoms. The fourth-order valence-corrected chi connectivity index (χ4v) is 1.81. The monoisotopic (exact) mass is 215 g/mol. The van der Waals surface area contributed by atoms with Crippen molar-refractivity contribution in [2.45, 2.75) is 64.9 Å². The summed E-state index contributed by atoms with van der Waals surface area (Å²) < 4.78 is 11.2. The molecule has 2 unspecified atom stereocenters. The summed E-state index contributed by atoms with van der Waals surface area (Å²) in [5, 5.41) is 3.49. The maximum atomic E-state index is 5.72. The van der Waals surface area contributed by atoms with Gasteiger partial charge in [0.2, 0.25) is 0 Å². The van der Waals surface area contributed by atoms with Gasteiger partial charge in [0.1, 0.15) is 0 Å². The summed E-state index contributed by atoms with van der Waals surface area (Å²) in [7, 11) is 0. The van der Waals surface area contributed by atoms with Crippen LogP contribution in [0.15, 0.2) is 0 Å². The van der Waals surface area contributed by atoms with Crippen molar-refractivity contribution in [2.75, 3.05) is 13.2 Å². The fourth-order valence-electron chi connectivity index (χ4n) is 1.81. The molecule has 3 nitrogen and oxygen atoms in total. The van der Waals surface area contributed by atoms with Crippen LogP contribution in [0.1, 0.15) is 47.0 Å². The second-order valence-corrected chi connectivity index (χ2v) is 4.90. The molecule has 0 amide bonds. The maximum Gasteiger partial charge on any atom is 0.163 e. The molecule has 90 valence electrons. The van der Waals surface area contributed by atoms with Gasteiger partial charge in [-0.3, -0.25) is 0 Å². The Kier molecular flexibility index (Phi) is 5.03. The Morgan fingerprint density at radius 2 is 2.20 bits per heavy atom. The van der Waals surface area contributed by atoms with Gasteiger partial charge in [0.25, 0.3) is 0 Å². The SMILES string of the molecule is CCCCC(C)NCC1COC(C)(C)O1. The van der Waals surface area contributed by atoms with Crippen molar-refractivity contribution in [2.24, 2.45) is 0 Å². The van der Waals surface area contributed by atoms with Gasteiger partial charge in [0, 0.05) is 12.6 Å². The Morgan fingerprint density at radius 1 is 1.47 bits per heavy atom. The molecule has 2 atom stereocenters. The largest absolute Gasteiger partial charge is 0.348 e. The fraction of sp³-hybridized carbons (Fsp3) is 1.00. The van der Waals surface area contributed by atoms with Crippen molar-refractivity contribution in [3.63, 3.8) is 0 Å². The number of nitrogens with one attached hydrogen (secondary N) is 1. The van der Waals surface area contributed by atoms with Crippen LogP contribution in [0.25, 0.3) is 0 Å². The first kappa shape index (κ1) is 12.9. The van der Waals surface area contributed by atoms with Gasteiger partial charge >= 0.3 is 0 Å². The van der Waals surface area contributed by atoms with E-state index in [4.69, 9.17) is 9.47 Å². The predicted octanol–water partition coefficient (Wildman–Crippen LogP) is 2.31. The average molecular weight is 215 g/mol.